The smallest absolute Gasteiger partial charge is 0.270 e. The molecule has 1 aromatic heterocycles. The zero-order valence-electron chi connectivity index (χ0n) is 13.3. The molecule has 0 saturated heterocycles. The Labute approximate surface area is 138 Å². The highest BCUT2D eigenvalue weighted by molar-refractivity contribution is 5.93. The molecule has 0 bridgehead atoms. The Balaban J connectivity index is 1.82. The number of carbonyl (C=O) groups excluding carboxylic acids is 1. The van der Waals surface area contributed by atoms with Crippen LogP contribution in [0.25, 0.3) is 0 Å². The van der Waals surface area contributed by atoms with Gasteiger partial charge in [-0.1, -0.05) is 18.9 Å². The number of rotatable bonds is 4. The van der Waals surface area contributed by atoms with E-state index in [1.165, 1.54) is 12.1 Å². The van der Waals surface area contributed by atoms with Crippen molar-refractivity contribution in [1.82, 2.24) is 15.3 Å². The van der Waals surface area contributed by atoms with Crippen molar-refractivity contribution >= 4 is 17.4 Å². The minimum absolute atomic E-state index is 0.160. The SMILES string of the molecule is Cc1nc(Nc2c(F)cccc2F)cc(C(=O)NC2CCCC2)n1. The Morgan fingerprint density at radius 3 is 2.50 bits per heavy atom. The van der Waals surface area contributed by atoms with Gasteiger partial charge < -0.3 is 10.6 Å². The van der Waals surface area contributed by atoms with Gasteiger partial charge in [0.1, 0.15) is 34.7 Å². The van der Waals surface area contributed by atoms with Gasteiger partial charge >= 0.3 is 0 Å². The predicted molar refractivity (Wildman–Crippen MR) is 86.1 cm³/mol. The molecule has 3 rings (SSSR count). The Hall–Kier alpha value is -2.57. The van der Waals surface area contributed by atoms with Crippen LogP contribution in [0, 0.1) is 18.6 Å². The van der Waals surface area contributed by atoms with Crippen molar-refractivity contribution < 1.29 is 13.6 Å². The van der Waals surface area contributed by atoms with Crippen LogP contribution in [0.3, 0.4) is 0 Å². The van der Waals surface area contributed by atoms with E-state index in [0.29, 0.717) is 5.82 Å². The third-order valence-corrected chi connectivity index (χ3v) is 3.98. The number of hydrogen-bond donors (Lipinski definition) is 2. The van der Waals surface area contributed by atoms with Crippen molar-refractivity contribution in [3.8, 4) is 0 Å². The molecule has 1 aliphatic rings. The van der Waals surface area contributed by atoms with E-state index in [1.807, 2.05) is 0 Å². The molecule has 1 aliphatic carbocycles. The number of benzene rings is 1. The molecule has 0 unspecified atom stereocenters. The second-order valence-electron chi connectivity index (χ2n) is 5.86. The monoisotopic (exact) mass is 332 g/mol. The number of nitrogens with zero attached hydrogens (tertiary/aromatic N) is 2. The van der Waals surface area contributed by atoms with E-state index < -0.39 is 11.6 Å². The fraction of sp³-hybridized carbons (Fsp3) is 0.353. The maximum Gasteiger partial charge on any atom is 0.270 e. The Bertz CT molecular complexity index is 740. The number of anilines is 2. The molecule has 1 amide bonds. The lowest BCUT2D eigenvalue weighted by Gasteiger charge is -2.13. The molecule has 0 radical (unpaired) electrons. The number of hydrogen-bond acceptors (Lipinski definition) is 4. The molecule has 24 heavy (non-hydrogen) atoms. The standard InChI is InChI=1S/C17H18F2N4O/c1-10-20-14(17(24)22-11-5-2-3-6-11)9-15(21-10)23-16-12(18)7-4-8-13(16)19/h4,7-9,11H,2-3,5-6H2,1H3,(H,22,24)(H,20,21,23). The van der Waals surface area contributed by atoms with Gasteiger partial charge in [0.25, 0.3) is 5.91 Å². The summed E-state index contributed by atoms with van der Waals surface area (Å²) in [6, 6.07) is 5.12. The largest absolute Gasteiger partial charge is 0.348 e. The summed E-state index contributed by atoms with van der Waals surface area (Å²) in [6.07, 6.45) is 4.13. The van der Waals surface area contributed by atoms with Gasteiger partial charge in [0.05, 0.1) is 0 Å². The van der Waals surface area contributed by atoms with Crippen LogP contribution in [0.4, 0.5) is 20.3 Å². The van der Waals surface area contributed by atoms with E-state index in [0.717, 1.165) is 37.8 Å². The van der Waals surface area contributed by atoms with Gasteiger partial charge in [-0.25, -0.2) is 18.7 Å². The molecule has 1 saturated carbocycles. The van der Waals surface area contributed by atoms with E-state index in [1.54, 1.807) is 6.92 Å². The third kappa shape index (κ3) is 3.67. The fourth-order valence-electron chi connectivity index (χ4n) is 2.82. The summed E-state index contributed by atoms with van der Waals surface area (Å²) in [7, 11) is 0. The normalized spacial score (nSPS) is 14.6. The highest BCUT2D eigenvalue weighted by Gasteiger charge is 2.20. The molecule has 0 aliphatic heterocycles. The minimum Gasteiger partial charge on any atom is -0.348 e. The number of aromatic nitrogens is 2. The van der Waals surface area contributed by atoms with Crippen molar-refractivity contribution in [3.63, 3.8) is 0 Å². The molecule has 1 fully saturated rings. The highest BCUT2D eigenvalue weighted by Crippen LogP contribution is 2.23. The van der Waals surface area contributed by atoms with E-state index in [4.69, 9.17) is 0 Å². The van der Waals surface area contributed by atoms with Gasteiger partial charge in [-0.2, -0.15) is 0 Å². The van der Waals surface area contributed by atoms with Gasteiger partial charge in [-0.3, -0.25) is 4.79 Å². The van der Waals surface area contributed by atoms with E-state index >= 15 is 0 Å². The minimum atomic E-state index is -0.733. The second-order valence-corrected chi connectivity index (χ2v) is 5.86. The molecule has 1 aromatic carbocycles. The average Bonchev–Trinajstić information content (AvgIpc) is 3.03. The molecule has 126 valence electrons. The van der Waals surface area contributed by atoms with Gasteiger partial charge in [0.2, 0.25) is 0 Å². The topological polar surface area (TPSA) is 66.9 Å². The number of carbonyl (C=O) groups is 1. The van der Waals surface area contributed by atoms with Crippen LogP contribution in [0.2, 0.25) is 0 Å². The van der Waals surface area contributed by atoms with Gasteiger partial charge in [0, 0.05) is 12.1 Å². The molecular formula is C17H18F2N4O. The zero-order valence-corrected chi connectivity index (χ0v) is 13.3. The number of para-hydroxylation sites is 1. The Morgan fingerprint density at radius 2 is 1.83 bits per heavy atom. The second kappa shape index (κ2) is 6.90. The highest BCUT2D eigenvalue weighted by atomic mass is 19.1. The zero-order chi connectivity index (χ0) is 17.1. The van der Waals surface area contributed by atoms with Crippen molar-refractivity contribution in [2.75, 3.05) is 5.32 Å². The molecule has 2 aromatic rings. The first-order valence-electron chi connectivity index (χ1n) is 7.90. The summed E-state index contributed by atoms with van der Waals surface area (Å²) >= 11 is 0. The van der Waals surface area contributed by atoms with Crippen molar-refractivity contribution in [1.29, 1.82) is 0 Å². The first-order chi connectivity index (χ1) is 11.5. The number of aryl methyl sites for hydroxylation is 1. The van der Waals surface area contributed by atoms with Crippen molar-refractivity contribution in [2.45, 2.75) is 38.6 Å². The van der Waals surface area contributed by atoms with Crippen LogP contribution in [-0.4, -0.2) is 21.9 Å². The van der Waals surface area contributed by atoms with Crippen LogP contribution in [0.1, 0.15) is 42.0 Å². The summed E-state index contributed by atoms with van der Waals surface area (Å²) in [5, 5.41) is 5.52. The van der Waals surface area contributed by atoms with Crippen LogP contribution in [0.15, 0.2) is 24.3 Å². The quantitative estimate of drug-likeness (QED) is 0.899. The summed E-state index contributed by atoms with van der Waals surface area (Å²) < 4.78 is 27.5. The summed E-state index contributed by atoms with van der Waals surface area (Å²) in [6.45, 7) is 1.62. The van der Waals surface area contributed by atoms with Crippen LogP contribution < -0.4 is 10.6 Å². The first-order valence-corrected chi connectivity index (χ1v) is 7.90. The Morgan fingerprint density at radius 1 is 1.17 bits per heavy atom. The summed E-state index contributed by atoms with van der Waals surface area (Å²) in [5.41, 5.74) is -0.133. The fourth-order valence-corrected chi connectivity index (χ4v) is 2.82. The van der Waals surface area contributed by atoms with E-state index in [9.17, 15) is 13.6 Å². The lowest BCUT2D eigenvalue weighted by Crippen LogP contribution is -2.33. The summed E-state index contributed by atoms with van der Waals surface area (Å²) in [4.78, 5) is 20.5. The van der Waals surface area contributed by atoms with Gasteiger partial charge in [-0.15, -0.1) is 0 Å². The molecular weight excluding hydrogens is 314 g/mol. The lowest BCUT2D eigenvalue weighted by atomic mass is 10.2. The lowest BCUT2D eigenvalue weighted by molar-refractivity contribution is 0.0932. The van der Waals surface area contributed by atoms with E-state index in [-0.39, 0.29) is 29.1 Å². The molecule has 2 N–H and O–H groups in total. The van der Waals surface area contributed by atoms with Gasteiger partial charge in [0.15, 0.2) is 0 Å². The van der Waals surface area contributed by atoms with Crippen LogP contribution in [0.5, 0.6) is 0 Å². The molecule has 7 heteroatoms. The average molecular weight is 332 g/mol. The molecule has 0 spiro atoms. The van der Waals surface area contributed by atoms with Crippen LogP contribution in [-0.2, 0) is 0 Å². The van der Waals surface area contributed by atoms with E-state index in [2.05, 4.69) is 20.6 Å². The third-order valence-electron chi connectivity index (χ3n) is 3.98. The number of halogens is 2. The maximum atomic E-state index is 13.7. The summed E-state index contributed by atoms with van der Waals surface area (Å²) in [5.74, 6) is -1.26. The van der Waals surface area contributed by atoms with Crippen LogP contribution >= 0.6 is 0 Å². The first kappa shape index (κ1) is 16.3. The van der Waals surface area contributed by atoms with Crippen molar-refractivity contribution in [2.24, 2.45) is 0 Å². The predicted octanol–water partition coefficient (Wildman–Crippen LogP) is 3.48. The molecule has 1 heterocycles. The number of amides is 1. The number of nitrogens with one attached hydrogen (secondary N) is 2. The van der Waals surface area contributed by atoms with Crippen molar-refractivity contribution in [3.05, 3.63) is 47.4 Å². The molecule has 5 nitrogen and oxygen atoms in total. The van der Waals surface area contributed by atoms with Gasteiger partial charge in [-0.05, 0) is 31.9 Å². The molecule has 0 atom stereocenters. The maximum absolute atomic E-state index is 13.7. The Kier molecular flexibility index (Phi) is 4.69.